The molecular formula is C15H21NO5. The van der Waals surface area contributed by atoms with Crippen molar-refractivity contribution in [1.82, 2.24) is 4.90 Å². The number of furan rings is 1. The van der Waals surface area contributed by atoms with Crippen LogP contribution in [-0.4, -0.2) is 49.7 Å². The SMILES string of the molecule is COC(=O)CCN(CC1CCCO1)C(=O)c1ccoc1C. The zero-order chi connectivity index (χ0) is 15.2. The van der Waals surface area contributed by atoms with E-state index >= 15 is 0 Å². The first-order valence-corrected chi connectivity index (χ1v) is 7.13. The predicted octanol–water partition coefficient (Wildman–Crippen LogP) is 1.77. The fourth-order valence-corrected chi connectivity index (χ4v) is 2.42. The average Bonchev–Trinajstić information content (AvgIpc) is 3.13. The van der Waals surface area contributed by atoms with Crippen molar-refractivity contribution in [3.8, 4) is 0 Å². The lowest BCUT2D eigenvalue weighted by Crippen LogP contribution is -2.39. The van der Waals surface area contributed by atoms with E-state index < -0.39 is 0 Å². The van der Waals surface area contributed by atoms with E-state index in [0.717, 1.165) is 19.4 Å². The zero-order valence-electron chi connectivity index (χ0n) is 12.5. The summed E-state index contributed by atoms with van der Waals surface area (Å²) >= 11 is 0. The molecule has 1 fully saturated rings. The number of carbonyl (C=O) groups excluding carboxylic acids is 2. The Bertz CT molecular complexity index is 490. The third-order valence-electron chi connectivity index (χ3n) is 3.64. The van der Waals surface area contributed by atoms with Crippen LogP contribution in [0.15, 0.2) is 16.7 Å². The Balaban J connectivity index is 2.04. The molecule has 6 heteroatoms. The molecule has 116 valence electrons. The lowest BCUT2D eigenvalue weighted by molar-refractivity contribution is -0.140. The lowest BCUT2D eigenvalue weighted by atomic mass is 10.2. The molecule has 0 spiro atoms. The van der Waals surface area contributed by atoms with Gasteiger partial charge in [0.15, 0.2) is 0 Å². The van der Waals surface area contributed by atoms with Gasteiger partial charge in [0.2, 0.25) is 0 Å². The number of hydrogen-bond donors (Lipinski definition) is 0. The standard InChI is InChI=1S/C15H21NO5/c1-11-13(6-9-20-11)15(18)16(7-5-14(17)19-2)10-12-4-3-8-21-12/h6,9,12H,3-5,7-8,10H2,1-2H3. The van der Waals surface area contributed by atoms with Crippen molar-refractivity contribution in [3.05, 3.63) is 23.7 Å². The van der Waals surface area contributed by atoms with Crippen LogP contribution in [-0.2, 0) is 14.3 Å². The summed E-state index contributed by atoms with van der Waals surface area (Å²) in [7, 11) is 1.34. The van der Waals surface area contributed by atoms with E-state index in [-0.39, 0.29) is 24.4 Å². The molecule has 1 aliphatic rings. The third-order valence-corrected chi connectivity index (χ3v) is 3.64. The van der Waals surface area contributed by atoms with Crippen LogP contribution in [0.25, 0.3) is 0 Å². The summed E-state index contributed by atoms with van der Waals surface area (Å²) in [5.74, 6) is 0.111. The van der Waals surface area contributed by atoms with E-state index in [1.807, 2.05) is 0 Å². The first-order chi connectivity index (χ1) is 10.1. The Morgan fingerprint density at radius 1 is 1.48 bits per heavy atom. The highest BCUT2D eigenvalue weighted by Gasteiger charge is 2.25. The molecule has 1 aromatic rings. The molecule has 1 aliphatic heterocycles. The molecule has 6 nitrogen and oxygen atoms in total. The Labute approximate surface area is 124 Å². The second-order valence-electron chi connectivity index (χ2n) is 5.10. The summed E-state index contributed by atoms with van der Waals surface area (Å²) in [6.45, 7) is 3.28. The van der Waals surface area contributed by atoms with Crippen molar-refractivity contribution in [3.63, 3.8) is 0 Å². The Morgan fingerprint density at radius 2 is 2.29 bits per heavy atom. The fourth-order valence-electron chi connectivity index (χ4n) is 2.42. The molecule has 0 N–H and O–H groups in total. The Hall–Kier alpha value is -1.82. The molecule has 21 heavy (non-hydrogen) atoms. The molecule has 0 bridgehead atoms. The maximum atomic E-state index is 12.6. The minimum atomic E-state index is -0.330. The second kappa shape index (κ2) is 7.26. The highest BCUT2D eigenvalue weighted by atomic mass is 16.5. The van der Waals surface area contributed by atoms with E-state index in [9.17, 15) is 9.59 Å². The van der Waals surface area contributed by atoms with Crippen molar-refractivity contribution in [2.24, 2.45) is 0 Å². The van der Waals surface area contributed by atoms with Crippen LogP contribution in [0, 0.1) is 6.92 Å². The van der Waals surface area contributed by atoms with Gasteiger partial charge in [-0.3, -0.25) is 9.59 Å². The minimum absolute atomic E-state index is 0.0406. The van der Waals surface area contributed by atoms with Gasteiger partial charge in [0, 0.05) is 19.7 Å². The fraction of sp³-hybridized carbons (Fsp3) is 0.600. The number of nitrogens with zero attached hydrogens (tertiary/aromatic N) is 1. The number of hydrogen-bond acceptors (Lipinski definition) is 5. The highest BCUT2D eigenvalue weighted by Crippen LogP contribution is 2.17. The van der Waals surface area contributed by atoms with Gasteiger partial charge >= 0.3 is 5.97 Å². The van der Waals surface area contributed by atoms with Crippen molar-refractivity contribution in [2.75, 3.05) is 26.8 Å². The monoisotopic (exact) mass is 295 g/mol. The molecule has 2 heterocycles. The number of ether oxygens (including phenoxy) is 2. The number of esters is 1. The molecule has 1 unspecified atom stereocenters. The largest absolute Gasteiger partial charge is 0.469 e. The summed E-state index contributed by atoms with van der Waals surface area (Å²) in [4.78, 5) is 25.5. The summed E-state index contributed by atoms with van der Waals surface area (Å²) in [6, 6.07) is 1.65. The maximum absolute atomic E-state index is 12.6. The lowest BCUT2D eigenvalue weighted by Gasteiger charge is -2.25. The summed E-state index contributed by atoms with van der Waals surface area (Å²) < 4.78 is 15.4. The van der Waals surface area contributed by atoms with E-state index in [0.29, 0.717) is 24.4 Å². The molecule has 1 amide bonds. The van der Waals surface area contributed by atoms with Crippen LogP contribution >= 0.6 is 0 Å². The highest BCUT2D eigenvalue weighted by molar-refractivity contribution is 5.95. The van der Waals surface area contributed by atoms with Crippen molar-refractivity contribution >= 4 is 11.9 Å². The van der Waals surface area contributed by atoms with Gasteiger partial charge in [-0.25, -0.2) is 0 Å². The van der Waals surface area contributed by atoms with Crippen molar-refractivity contribution in [1.29, 1.82) is 0 Å². The van der Waals surface area contributed by atoms with Gasteiger partial charge in [-0.05, 0) is 25.8 Å². The smallest absolute Gasteiger partial charge is 0.307 e. The van der Waals surface area contributed by atoms with E-state index in [2.05, 4.69) is 4.74 Å². The quantitative estimate of drug-likeness (QED) is 0.748. The van der Waals surface area contributed by atoms with Crippen LogP contribution in [0.1, 0.15) is 35.4 Å². The maximum Gasteiger partial charge on any atom is 0.307 e. The zero-order valence-corrected chi connectivity index (χ0v) is 12.5. The second-order valence-corrected chi connectivity index (χ2v) is 5.10. The molecule has 1 saturated heterocycles. The molecular weight excluding hydrogens is 274 g/mol. The van der Waals surface area contributed by atoms with Crippen LogP contribution in [0.5, 0.6) is 0 Å². The topological polar surface area (TPSA) is 69.0 Å². The van der Waals surface area contributed by atoms with E-state index in [4.69, 9.17) is 9.15 Å². The molecule has 2 rings (SSSR count). The van der Waals surface area contributed by atoms with Gasteiger partial charge in [0.1, 0.15) is 5.76 Å². The van der Waals surface area contributed by atoms with Crippen LogP contribution in [0.2, 0.25) is 0 Å². The van der Waals surface area contributed by atoms with E-state index in [1.54, 1.807) is 17.9 Å². The first-order valence-electron chi connectivity index (χ1n) is 7.13. The van der Waals surface area contributed by atoms with Gasteiger partial charge in [-0.15, -0.1) is 0 Å². The summed E-state index contributed by atoms with van der Waals surface area (Å²) in [5, 5.41) is 0. The average molecular weight is 295 g/mol. The summed E-state index contributed by atoms with van der Waals surface area (Å²) in [6.07, 6.45) is 3.65. The van der Waals surface area contributed by atoms with Gasteiger partial charge in [-0.2, -0.15) is 0 Å². The third kappa shape index (κ3) is 4.07. The van der Waals surface area contributed by atoms with Crippen LogP contribution < -0.4 is 0 Å². The molecule has 0 saturated carbocycles. The number of carbonyl (C=O) groups is 2. The van der Waals surface area contributed by atoms with Gasteiger partial charge in [0.05, 0.1) is 31.5 Å². The van der Waals surface area contributed by atoms with Crippen molar-refractivity contribution in [2.45, 2.75) is 32.3 Å². The van der Waals surface area contributed by atoms with Crippen LogP contribution in [0.3, 0.4) is 0 Å². The van der Waals surface area contributed by atoms with E-state index in [1.165, 1.54) is 13.4 Å². The van der Waals surface area contributed by atoms with Gasteiger partial charge in [-0.1, -0.05) is 0 Å². The molecule has 0 radical (unpaired) electrons. The molecule has 1 atom stereocenters. The van der Waals surface area contributed by atoms with Crippen LogP contribution in [0.4, 0.5) is 0 Å². The van der Waals surface area contributed by atoms with Crippen molar-refractivity contribution < 1.29 is 23.5 Å². The first kappa shape index (κ1) is 15.6. The number of aryl methyl sites for hydroxylation is 1. The van der Waals surface area contributed by atoms with Gasteiger partial charge in [0.25, 0.3) is 5.91 Å². The number of rotatable bonds is 6. The normalized spacial score (nSPS) is 17.7. The minimum Gasteiger partial charge on any atom is -0.469 e. The van der Waals surface area contributed by atoms with Gasteiger partial charge < -0.3 is 18.8 Å². The Kier molecular flexibility index (Phi) is 5.38. The number of methoxy groups -OCH3 is 1. The molecule has 0 aliphatic carbocycles. The summed E-state index contributed by atoms with van der Waals surface area (Å²) in [5.41, 5.74) is 0.526. The molecule has 1 aromatic heterocycles. The molecule has 0 aromatic carbocycles. The Morgan fingerprint density at radius 3 is 2.86 bits per heavy atom. The predicted molar refractivity (Wildman–Crippen MR) is 75.0 cm³/mol. The number of amides is 1.